The average molecular weight is 847 g/mol. The molecule has 5 heteroatoms. The number of furan rings is 2. The maximum atomic E-state index is 7.19. The second-order valence-corrected chi connectivity index (χ2v) is 20.9. The predicted octanol–water partition coefficient (Wildman–Crippen LogP) is 13.1. The van der Waals surface area contributed by atoms with E-state index in [0.29, 0.717) is 0 Å². The van der Waals surface area contributed by atoms with E-state index in [1.807, 2.05) is 0 Å². The van der Waals surface area contributed by atoms with Crippen LogP contribution in [0.2, 0.25) is 0 Å². The molecule has 14 aromatic rings. The first kappa shape index (κ1) is 36.1. The molecule has 0 unspecified atom stereocenters. The normalized spacial score (nSPS) is 12.3. The fourth-order valence-corrected chi connectivity index (χ4v) is 16.2. The Morgan fingerprint density at radius 2 is 0.615 bits per heavy atom. The third kappa shape index (κ3) is 5.07. The summed E-state index contributed by atoms with van der Waals surface area (Å²) in [5.74, 6) is 0. The molecule has 4 heterocycles. The van der Waals surface area contributed by atoms with Crippen molar-refractivity contribution in [2.24, 2.45) is 0 Å². The van der Waals surface area contributed by atoms with E-state index in [-0.39, 0.29) is 0 Å². The Morgan fingerprint density at radius 3 is 1.00 bits per heavy atom. The van der Waals surface area contributed by atoms with Gasteiger partial charge in [-0.3, -0.25) is 0 Å². The minimum atomic E-state index is -3.23. The third-order valence-electron chi connectivity index (χ3n) is 13.9. The molecule has 4 aromatic heterocycles. The van der Waals surface area contributed by atoms with E-state index in [2.05, 4.69) is 240 Å². The van der Waals surface area contributed by atoms with E-state index in [1.165, 1.54) is 64.4 Å². The van der Waals surface area contributed by atoms with Crippen LogP contribution in [0.5, 0.6) is 0 Å². The van der Waals surface area contributed by atoms with Gasteiger partial charge in [-0.05, 0) is 81.4 Å². The van der Waals surface area contributed by atoms with Crippen LogP contribution in [0.3, 0.4) is 0 Å². The summed E-state index contributed by atoms with van der Waals surface area (Å²) >= 11 is 0. The van der Waals surface area contributed by atoms with Gasteiger partial charge in [0, 0.05) is 54.5 Å². The largest absolute Gasteiger partial charge is 0.456 e. The molecule has 0 radical (unpaired) electrons. The summed E-state index contributed by atoms with van der Waals surface area (Å²) in [6, 6.07) is 83.8. The van der Waals surface area contributed by atoms with Crippen LogP contribution in [0.4, 0.5) is 0 Å². The fraction of sp³-hybridized carbons (Fsp3) is 0. The van der Waals surface area contributed by atoms with Gasteiger partial charge >= 0.3 is 0 Å². The fourth-order valence-electron chi connectivity index (χ4n) is 11.2. The van der Waals surface area contributed by atoms with Gasteiger partial charge in [0.1, 0.15) is 22.3 Å². The molecule has 0 saturated carbocycles. The van der Waals surface area contributed by atoms with Crippen LogP contribution in [0, 0.1) is 0 Å². The molecule has 0 fully saturated rings. The highest BCUT2D eigenvalue weighted by Crippen LogP contribution is 2.38. The number of para-hydroxylation sites is 6. The monoisotopic (exact) mass is 846 g/mol. The van der Waals surface area contributed by atoms with Crippen molar-refractivity contribution in [2.75, 3.05) is 0 Å². The Hall–Kier alpha value is -8.38. The second-order valence-electron chi connectivity index (χ2n) is 17.2. The van der Waals surface area contributed by atoms with E-state index in [4.69, 9.17) is 8.83 Å². The molecule has 0 saturated heterocycles. The Morgan fingerprint density at radius 1 is 0.277 bits per heavy atom. The van der Waals surface area contributed by atoms with Crippen LogP contribution in [0.15, 0.2) is 239 Å². The SMILES string of the molecule is c1ccc([Si](c2ccccc2)(c2cccc3c2oc2ccc(-n4c5ccccc5c5ccccc54)cc23)c2cccc3c2oc2ccc(-n4c5ccccc5c5ccccc54)cc23)cc1. The molecule has 0 N–H and O–H groups in total. The zero-order valence-corrected chi connectivity index (χ0v) is 36.2. The number of benzene rings is 10. The first-order chi connectivity index (χ1) is 32.3. The summed E-state index contributed by atoms with van der Waals surface area (Å²) < 4.78 is 19.2. The number of hydrogen-bond donors (Lipinski definition) is 0. The molecular formula is C60H38N2O2Si. The molecule has 304 valence electrons. The van der Waals surface area contributed by atoms with Crippen molar-refractivity contribution < 1.29 is 8.83 Å². The van der Waals surface area contributed by atoms with Gasteiger partial charge in [0.05, 0.1) is 22.1 Å². The standard InChI is InChI=1S/C60H38N2O2Si/c1-3-17-41(18-4-1)65(42-19-5-2-6-20-42,57-31-15-25-47-49-37-39(33-35-55(49)63-59(47)57)61-51-27-11-7-21-43(51)44-22-8-12-28-52(44)61)58-32-16-26-48-50-38-40(34-36-56(50)64-60(48)58)62-53-29-13-9-23-45(53)46-24-10-14-30-54(46)62/h1-38H. The summed E-state index contributed by atoms with van der Waals surface area (Å²) in [7, 11) is -3.23. The van der Waals surface area contributed by atoms with Crippen LogP contribution >= 0.6 is 0 Å². The predicted molar refractivity (Wildman–Crippen MR) is 273 cm³/mol. The summed E-state index contributed by atoms with van der Waals surface area (Å²) in [4.78, 5) is 0. The molecule has 4 nitrogen and oxygen atoms in total. The first-order valence-corrected chi connectivity index (χ1v) is 24.3. The zero-order chi connectivity index (χ0) is 42.6. The molecular weight excluding hydrogens is 809 g/mol. The molecule has 0 aliphatic heterocycles. The Kier molecular flexibility index (Phi) is 7.68. The summed E-state index contributed by atoms with van der Waals surface area (Å²) in [5.41, 5.74) is 10.5. The lowest BCUT2D eigenvalue weighted by Crippen LogP contribution is -2.75. The van der Waals surface area contributed by atoms with Gasteiger partial charge in [0.2, 0.25) is 0 Å². The lowest BCUT2D eigenvalue weighted by Gasteiger charge is -2.34. The molecule has 0 atom stereocenters. The lowest BCUT2D eigenvalue weighted by molar-refractivity contribution is 0.670. The molecule has 0 bridgehead atoms. The molecule has 0 aliphatic carbocycles. The van der Waals surface area contributed by atoms with Crippen molar-refractivity contribution in [1.29, 1.82) is 0 Å². The van der Waals surface area contributed by atoms with Gasteiger partial charge in [-0.1, -0.05) is 170 Å². The van der Waals surface area contributed by atoms with E-state index in [1.54, 1.807) is 0 Å². The summed E-state index contributed by atoms with van der Waals surface area (Å²) in [6.07, 6.45) is 0. The van der Waals surface area contributed by atoms with E-state index in [9.17, 15) is 0 Å². The van der Waals surface area contributed by atoms with Crippen molar-refractivity contribution in [3.05, 3.63) is 231 Å². The lowest BCUT2D eigenvalue weighted by atomic mass is 10.1. The maximum Gasteiger partial charge on any atom is 0.188 e. The highest BCUT2D eigenvalue weighted by Gasteiger charge is 2.45. The summed E-state index contributed by atoms with van der Waals surface area (Å²) in [6.45, 7) is 0. The molecule has 0 spiro atoms. The molecule has 0 aliphatic rings. The highest BCUT2D eigenvalue weighted by molar-refractivity contribution is 7.21. The zero-order valence-electron chi connectivity index (χ0n) is 35.2. The molecule has 0 amide bonds. The van der Waals surface area contributed by atoms with Crippen molar-refractivity contribution in [1.82, 2.24) is 9.13 Å². The number of rotatable bonds is 6. The van der Waals surface area contributed by atoms with Crippen LogP contribution in [-0.2, 0) is 0 Å². The number of hydrogen-bond acceptors (Lipinski definition) is 2. The molecule has 14 rings (SSSR count). The Balaban J connectivity index is 1.04. The topological polar surface area (TPSA) is 36.1 Å². The third-order valence-corrected chi connectivity index (χ3v) is 18.7. The molecule has 10 aromatic carbocycles. The highest BCUT2D eigenvalue weighted by atomic mass is 28.3. The van der Waals surface area contributed by atoms with Gasteiger partial charge in [-0.15, -0.1) is 0 Å². The maximum absolute atomic E-state index is 7.19. The second kappa shape index (κ2) is 13.8. The average Bonchev–Trinajstić information content (AvgIpc) is 4.13. The number of fused-ring (bicyclic) bond motifs is 12. The minimum absolute atomic E-state index is 0.862. The van der Waals surface area contributed by atoms with Gasteiger partial charge < -0.3 is 18.0 Å². The van der Waals surface area contributed by atoms with Crippen LogP contribution < -0.4 is 20.7 Å². The van der Waals surface area contributed by atoms with Gasteiger partial charge in [0.25, 0.3) is 0 Å². The van der Waals surface area contributed by atoms with Crippen LogP contribution in [0.25, 0.3) is 98.9 Å². The van der Waals surface area contributed by atoms with Crippen molar-refractivity contribution in [3.8, 4) is 11.4 Å². The Labute approximate surface area is 374 Å². The van der Waals surface area contributed by atoms with Crippen LogP contribution in [-0.4, -0.2) is 17.2 Å². The van der Waals surface area contributed by atoms with Crippen molar-refractivity contribution in [3.63, 3.8) is 0 Å². The summed E-state index contributed by atoms with van der Waals surface area (Å²) in [5, 5.41) is 14.2. The van der Waals surface area contributed by atoms with Crippen LogP contribution in [0.1, 0.15) is 0 Å². The number of nitrogens with zero attached hydrogens (tertiary/aromatic N) is 2. The minimum Gasteiger partial charge on any atom is -0.456 e. The van der Waals surface area contributed by atoms with E-state index < -0.39 is 8.07 Å². The molecule has 65 heavy (non-hydrogen) atoms. The number of aromatic nitrogens is 2. The quantitative estimate of drug-likeness (QED) is 0.123. The van der Waals surface area contributed by atoms with E-state index >= 15 is 0 Å². The van der Waals surface area contributed by atoms with Gasteiger partial charge in [0.15, 0.2) is 8.07 Å². The first-order valence-electron chi connectivity index (χ1n) is 22.3. The van der Waals surface area contributed by atoms with Crippen molar-refractivity contribution in [2.45, 2.75) is 0 Å². The van der Waals surface area contributed by atoms with E-state index in [0.717, 1.165) is 55.3 Å². The van der Waals surface area contributed by atoms with Gasteiger partial charge in [-0.2, -0.15) is 0 Å². The van der Waals surface area contributed by atoms with Gasteiger partial charge in [-0.25, -0.2) is 0 Å². The smallest absolute Gasteiger partial charge is 0.188 e. The Bertz CT molecular complexity index is 3810. The van der Waals surface area contributed by atoms with Crippen molar-refractivity contribution >= 4 is 116 Å².